The molecule has 3 aromatic carbocycles. The third-order valence-electron chi connectivity index (χ3n) is 7.21. The first-order valence-corrected chi connectivity index (χ1v) is 14.2. The van der Waals surface area contributed by atoms with Crippen LogP contribution in [0.2, 0.25) is 0 Å². The number of hydrogen-bond acceptors (Lipinski definition) is 4. The van der Waals surface area contributed by atoms with E-state index < -0.39 is 10.0 Å². The van der Waals surface area contributed by atoms with E-state index >= 15 is 0 Å². The van der Waals surface area contributed by atoms with Crippen molar-refractivity contribution in [3.8, 4) is 0 Å². The van der Waals surface area contributed by atoms with Gasteiger partial charge in [-0.1, -0.05) is 66.2 Å². The van der Waals surface area contributed by atoms with Gasteiger partial charge in [0.25, 0.3) is 0 Å². The third-order valence-corrected chi connectivity index (χ3v) is 9.33. The first kappa shape index (κ1) is 25.2. The number of aromatic amines is 1. The predicted octanol–water partition coefficient (Wildman–Crippen LogP) is 5.55. The maximum Gasteiger partial charge on any atom is 0.243 e. The van der Waals surface area contributed by atoms with Gasteiger partial charge in [-0.05, 0) is 61.9 Å². The Morgan fingerprint density at radius 3 is 2.38 bits per heavy atom. The largest absolute Gasteiger partial charge is 0.361 e. The Kier molecular flexibility index (Phi) is 7.17. The van der Waals surface area contributed by atoms with Crippen LogP contribution >= 0.6 is 0 Å². The second-order valence-electron chi connectivity index (χ2n) is 10.0. The molecule has 6 nitrogen and oxygen atoms in total. The van der Waals surface area contributed by atoms with Gasteiger partial charge in [-0.2, -0.15) is 4.31 Å². The number of fused-ring (bicyclic) bond motifs is 1. The van der Waals surface area contributed by atoms with Crippen LogP contribution in [0.1, 0.15) is 39.9 Å². The van der Waals surface area contributed by atoms with Crippen molar-refractivity contribution in [3.63, 3.8) is 0 Å². The molecule has 0 aliphatic carbocycles. The van der Waals surface area contributed by atoms with Crippen LogP contribution in [0.4, 0.5) is 5.69 Å². The smallest absolute Gasteiger partial charge is 0.243 e. The van der Waals surface area contributed by atoms with E-state index in [1.165, 1.54) is 5.56 Å². The predicted molar refractivity (Wildman–Crippen MR) is 148 cm³/mol. The molecule has 1 N–H and O–H groups in total. The second-order valence-corrected chi connectivity index (χ2v) is 11.9. The number of aryl methyl sites for hydroxylation is 4. The molecule has 0 fully saturated rings. The van der Waals surface area contributed by atoms with Crippen molar-refractivity contribution in [3.05, 3.63) is 113 Å². The number of H-pyrrole nitrogens is 1. The second kappa shape index (κ2) is 10.5. The van der Waals surface area contributed by atoms with E-state index in [9.17, 15) is 8.42 Å². The van der Waals surface area contributed by atoms with Crippen LogP contribution < -0.4 is 4.90 Å². The molecule has 5 rings (SSSR count). The molecule has 2 heterocycles. The normalized spacial score (nSPS) is 16.4. The molecule has 0 radical (unpaired) electrons. The zero-order valence-electron chi connectivity index (χ0n) is 21.7. The fraction of sp³-hybridized carbons (Fsp3) is 0.300. The van der Waals surface area contributed by atoms with E-state index in [2.05, 4.69) is 45.2 Å². The van der Waals surface area contributed by atoms with Gasteiger partial charge in [0.2, 0.25) is 10.0 Å². The highest BCUT2D eigenvalue weighted by Gasteiger charge is 2.35. The van der Waals surface area contributed by atoms with Crippen LogP contribution in [-0.2, 0) is 29.5 Å². The molecule has 0 saturated carbocycles. The average Bonchev–Trinajstić information content (AvgIpc) is 3.32. The van der Waals surface area contributed by atoms with Crippen LogP contribution in [0.15, 0.2) is 84.1 Å². The molecular formula is C30H34N4O2S. The number of benzene rings is 3. The summed E-state index contributed by atoms with van der Waals surface area (Å²) in [5.41, 5.74) is 7.00. The van der Waals surface area contributed by atoms with Crippen molar-refractivity contribution in [1.82, 2.24) is 14.3 Å². The Balaban J connectivity index is 1.57. The van der Waals surface area contributed by atoms with Gasteiger partial charge in [-0.25, -0.2) is 13.4 Å². The fourth-order valence-corrected chi connectivity index (χ4v) is 7.46. The SMILES string of the molecule is Cc1cc(C)c(S(=O)(=O)N2Cc3ccccc3N(Cc3cnc[nH]3)C(CCc3ccccc3)C2)c(C)c1. The minimum absolute atomic E-state index is 0.0204. The average molecular weight is 515 g/mol. The Labute approximate surface area is 220 Å². The summed E-state index contributed by atoms with van der Waals surface area (Å²) in [6.45, 7) is 7.18. The van der Waals surface area contributed by atoms with Gasteiger partial charge in [-0.15, -0.1) is 0 Å². The molecule has 1 aliphatic rings. The number of para-hydroxylation sites is 1. The minimum Gasteiger partial charge on any atom is -0.361 e. The minimum atomic E-state index is -3.72. The lowest BCUT2D eigenvalue weighted by Gasteiger charge is -2.34. The Bertz CT molecular complexity index is 1440. The molecule has 1 aliphatic heterocycles. The van der Waals surface area contributed by atoms with E-state index in [0.29, 0.717) is 24.5 Å². The number of nitrogens with one attached hydrogen (secondary N) is 1. The number of rotatable bonds is 7. The molecule has 192 valence electrons. The summed E-state index contributed by atoms with van der Waals surface area (Å²) in [4.78, 5) is 10.2. The van der Waals surface area contributed by atoms with Crippen molar-refractivity contribution in [1.29, 1.82) is 0 Å². The first-order valence-electron chi connectivity index (χ1n) is 12.8. The summed E-state index contributed by atoms with van der Waals surface area (Å²) >= 11 is 0. The zero-order valence-corrected chi connectivity index (χ0v) is 22.5. The molecular weight excluding hydrogens is 480 g/mol. The maximum atomic E-state index is 14.2. The Hall–Kier alpha value is -3.42. The summed E-state index contributed by atoms with van der Waals surface area (Å²) in [6.07, 6.45) is 5.22. The molecule has 37 heavy (non-hydrogen) atoms. The summed E-state index contributed by atoms with van der Waals surface area (Å²) in [5, 5.41) is 0. The summed E-state index contributed by atoms with van der Waals surface area (Å²) in [7, 11) is -3.72. The number of nitrogens with zero attached hydrogens (tertiary/aromatic N) is 3. The van der Waals surface area contributed by atoms with Gasteiger partial charge < -0.3 is 9.88 Å². The van der Waals surface area contributed by atoms with E-state index in [4.69, 9.17) is 0 Å². The van der Waals surface area contributed by atoms with Crippen molar-refractivity contribution in [2.45, 2.75) is 57.6 Å². The molecule has 0 saturated heterocycles. The van der Waals surface area contributed by atoms with Crippen LogP contribution in [0.25, 0.3) is 0 Å². The van der Waals surface area contributed by atoms with Crippen molar-refractivity contribution in [2.75, 3.05) is 11.4 Å². The van der Waals surface area contributed by atoms with Crippen molar-refractivity contribution < 1.29 is 8.42 Å². The zero-order chi connectivity index (χ0) is 26.0. The Morgan fingerprint density at radius 1 is 0.973 bits per heavy atom. The molecule has 0 amide bonds. The van der Waals surface area contributed by atoms with Gasteiger partial charge in [0.05, 0.1) is 23.5 Å². The van der Waals surface area contributed by atoms with E-state index in [0.717, 1.165) is 46.5 Å². The fourth-order valence-electron chi connectivity index (χ4n) is 5.59. The van der Waals surface area contributed by atoms with Crippen molar-refractivity contribution >= 4 is 15.7 Å². The third kappa shape index (κ3) is 5.33. The van der Waals surface area contributed by atoms with E-state index in [1.807, 2.05) is 63.4 Å². The van der Waals surface area contributed by atoms with Gasteiger partial charge in [-0.3, -0.25) is 0 Å². The van der Waals surface area contributed by atoms with Crippen molar-refractivity contribution in [2.24, 2.45) is 0 Å². The maximum absolute atomic E-state index is 14.2. The number of imidazole rings is 1. The molecule has 1 aromatic heterocycles. The lowest BCUT2D eigenvalue weighted by molar-refractivity contribution is 0.369. The topological polar surface area (TPSA) is 69.3 Å². The monoisotopic (exact) mass is 514 g/mol. The highest BCUT2D eigenvalue weighted by molar-refractivity contribution is 7.89. The van der Waals surface area contributed by atoms with Crippen LogP contribution in [0.3, 0.4) is 0 Å². The van der Waals surface area contributed by atoms with Gasteiger partial charge in [0.15, 0.2) is 0 Å². The molecule has 4 aromatic rings. The van der Waals surface area contributed by atoms with E-state index in [-0.39, 0.29) is 6.04 Å². The number of aromatic nitrogens is 2. The number of sulfonamides is 1. The van der Waals surface area contributed by atoms with Crippen LogP contribution in [0, 0.1) is 20.8 Å². The van der Waals surface area contributed by atoms with Crippen LogP contribution in [0.5, 0.6) is 0 Å². The number of anilines is 1. The Morgan fingerprint density at radius 2 is 1.68 bits per heavy atom. The van der Waals surface area contributed by atoms with Gasteiger partial charge >= 0.3 is 0 Å². The van der Waals surface area contributed by atoms with E-state index in [1.54, 1.807) is 10.6 Å². The van der Waals surface area contributed by atoms with Gasteiger partial charge in [0, 0.05) is 31.0 Å². The molecule has 1 unspecified atom stereocenters. The highest BCUT2D eigenvalue weighted by Crippen LogP contribution is 2.34. The number of hydrogen-bond donors (Lipinski definition) is 1. The quantitative estimate of drug-likeness (QED) is 0.351. The highest BCUT2D eigenvalue weighted by atomic mass is 32.2. The van der Waals surface area contributed by atoms with Gasteiger partial charge in [0.1, 0.15) is 0 Å². The van der Waals surface area contributed by atoms with Crippen LogP contribution in [-0.4, -0.2) is 35.3 Å². The molecule has 0 spiro atoms. The summed E-state index contributed by atoms with van der Waals surface area (Å²) in [6, 6.07) is 22.5. The summed E-state index contributed by atoms with van der Waals surface area (Å²) < 4.78 is 30.2. The molecule has 0 bridgehead atoms. The summed E-state index contributed by atoms with van der Waals surface area (Å²) in [5.74, 6) is 0. The lowest BCUT2D eigenvalue weighted by atomic mass is 10.0. The molecule has 1 atom stereocenters. The lowest BCUT2D eigenvalue weighted by Crippen LogP contribution is -2.44. The molecule has 7 heteroatoms. The first-order chi connectivity index (χ1) is 17.8. The standard InChI is InChI=1S/C30H34N4O2S/c1-22-15-23(2)30(24(3)16-22)37(35,36)33-18-26-11-7-8-12-29(26)34(19-27-17-31-21-32-27)28(20-33)14-13-25-9-5-4-6-10-25/h4-12,15-17,21,28H,13-14,18-20H2,1-3H3,(H,31,32).